The molecule has 1 aromatic carbocycles. The average molecular weight is 266 g/mol. The molecule has 2 aromatic rings. The molecule has 0 aliphatic carbocycles. The normalized spacial score (nSPS) is 11.6. The summed E-state index contributed by atoms with van der Waals surface area (Å²) in [5.74, 6) is 0. The van der Waals surface area contributed by atoms with E-state index in [1.165, 1.54) is 12.4 Å². The molecule has 0 atom stereocenters. The standard InChI is InChI=1S/C11H14N4O2S/c12-5-9-2-1-3-10(4-9)6-15-18(16,17)11-7-13-14-8-11/h1-4,7-8,15H,5-6,12H2,(H,13,14). The molecule has 0 radical (unpaired) electrons. The summed E-state index contributed by atoms with van der Waals surface area (Å²) in [5, 5.41) is 6.08. The van der Waals surface area contributed by atoms with Gasteiger partial charge in [-0.25, -0.2) is 13.1 Å². The second kappa shape index (κ2) is 5.30. The summed E-state index contributed by atoms with van der Waals surface area (Å²) in [6, 6.07) is 7.46. The highest BCUT2D eigenvalue weighted by Gasteiger charge is 2.14. The van der Waals surface area contributed by atoms with Crippen LogP contribution in [-0.4, -0.2) is 18.6 Å². The molecule has 96 valence electrons. The summed E-state index contributed by atoms with van der Waals surface area (Å²) in [6.07, 6.45) is 2.59. The van der Waals surface area contributed by atoms with Crippen LogP contribution in [0.1, 0.15) is 11.1 Å². The summed E-state index contributed by atoms with van der Waals surface area (Å²) >= 11 is 0. The van der Waals surface area contributed by atoms with Crippen LogP contribution < -0.4 is 10.5 Å². The highest BCUT2D eigenvalue weighted by Crippen LogP contribution is 2.08. The van der Waals surface area contributed by atoms with Crippen LogP contribution >= 0.6 is 0 Å². The third kappa shape index (κ3) is 2.95. The van der Waals surface area contributed by atoms with Gasteiger partial charge >= 0.3 is 0 Å². The summed E-state index contributed by atoms with van der Waals surface area (Å²) < 4.78 is 26.2. The van der Waals surface area contributed by atoms with Gasteiger partial charge in [0, 0.05) is 19.3 Å². The Morgan fingerprint density at radius 2 is 2.11 bits per heavy atom. The van der Waals surface area contributed by atoms with E-state index < -0.39 is 10.0 Å². The van der Waals surface area contributed by atoms with Crippen LogP contribution in [0.2, 0.25) is 0 Å². The highest BCUT2D eigenvalue weighted by molar-refractivity contribution is 7.89. The zero-order valence-corrected chi connectivity index (χ0v) is 10.4. The molecule has 4 N–H and O–H groups in total. The quantitative estimate of drug-likeness (QED) is 0.726. The minimum absolute atomic E-state index is 0.123. The van der Waals surface area contributed by atoms with Crippen molar-refractivity contribution in [3.63, 3.8) is 0 Å². The average Bonchev–Trinajstić information content (AvgIpc) is 2.91. The Labute approximate surface area is 105 Å². The lowest BCUT2D eigenvalue weighted by molar-refractivity contribution is 0.581. The molecule has 0 bridgehead atoms. The number of aromatic nitrogens is 2. The predicted octanol–water partition coefficient (Wildman–Crippen LogP) is 0.347. The van der Waals surface area contributed by atoms with Crippen molar-refractivity contribution in [3.05, 3.63) is 47.8 Å². The number of hydrogen-bond acceptors (Lipinski definition) is 4. The first-order valence-electron chi connectivity index (χ1n) is 5.38. The van der Waals surface area contributed by atoms with Gasteiger partial charge < -0.3 is 5.73 Å². The van der Waals surface area contributed by atoms with Crippen LogP contribution in [0.25, 0.3) is 0 Å². The van der Waals surface area contributed by atoms with Crippen LogP contribution in [0, 0.1) is 0 Å². The Morgan fingerprint density at radius 3 is 2.78 bits per heavy atom. The highest BCUT2D eigenvalue weighted by atomic mass is 32.2. The minimum atomic E-state index is -3.51. The van der Waals surface area contributed by atoms with Crippen molar-refractivity contribution in [2.45, 2.75) is 18.0 Å². The molecule has 2 rings (SSSR count). The Bertz CT molecular complexity index is 608. The van der Waals surface area contributed by atoms with E-state index in [1.54, 1.807) is 0 Å². The molecule has 0 unspecified atom stereocenters. The zero-order chi connectivity index (χ0) is 13.0. The molecule has 1 aromatic heterocycles. The lowest BCUT2D eigenvalue weighted by atomic mass is 10.1. The van der Waals surface area contributed by atoms with Crippen molar-refractivity contribution in [2.75, 3.05) is 0 Å². The maximum Gasteiger partial charge on any atom is 0.243 e. The van der Waals surface area contributed by atoms with Crippen molar-refractivity contribution in [3.8, 4) is 0 Å². The number of nitrogens with one attached hydrogen (secondary N) is 2. The number of H-pyrrole nitrogens is 1. The lowest BCUT2D eigenvalue weighted by Gasteiger charge is -2.06. The number of aromatic amines is 1. The molecule has 0 amide bonds. The molecule has 6 nitrogen and oxygen atoms in total. The van der Waals surface area contributed by atoms with Gasteiger partial charge in [-0.3, -0.25) is 5.10 Å². The van der Waals surface area contributed by atoms with E-state index in [0.29, 0.717) is 6.54 Å². The monoisotopic (exact) mass is 266 g/mol. The second-order valence-electron chi connectivity index (χ2n) is 3.78. The molecule has 1 heterocycles. The fraction of sp³-hybridized carbons (Fsp3) is 0.182. The summed E-state index contributed by atoms with van der Waals surface area (Å²) in [7, 11) is -3.51. The first kappa shape index (κ1) is 12.7. The first-order valence-corrected chi connectivity index (χ1v) is 6.86. The Balaban J connectivity index is 2.07. The van der Waals surface area contributed by atoms with E-state index in [9.17, 15) is 8.42 Å². The van der Waals surface area contributed by atoms with E-state index >= 15 is 0 Å². The van der Waals surface area contributed by atoms with E-state index in [-0.39, 0.29) is 11.4 Å². The third-order valence-corrected chi connectivity index (χ3v) is 3.85. The SMILES string of the molecule is NCc1cccc(CNS(=O)(=O)c2cn[nH]c2)c1. The van der Waals surface area contributed by atoms with Gasteiger partial charge in [-0.05, 0) is 11.1 Å². The predicted molar refractivity (Wildman–Crippen MR) is 66.9 cm³/mol. The molecule has 0 saturated carbocycles. The van der Waals surface area contributed by atoms with E-state index in [0.717, 1.165) is 11.1 Å². The van der Waals surface area contributed by atoms with Gasteiger partial charge in [-0.1, -0.05) is 24.3 Å². The molecule has 0 aliphatic rings. The molecule has 0 aliphatic heterocycles. The minimum Gasteiger partial charge on any atom is -0.326 e. The van der Waals surface area contributed by atoms with Crippen LogP contribution in [0.4, 0.5) is 0 Å². The summed E-state index contributed by atoms with van der Waals surface area (Å²) in [4.78, 5) is 0.123. The Kier molecular flexibility index (Phi) is 3.75. The van der Waals surface area contributed by atoms with Gasteiger partial charge in [-0.15, -0.1) is 0 Å². The number of hydrogen-bond donors (Lipinski definition) is 3. The number of nitrogens with zero attached hydrogens (tertiary/aromatic N) is 1. The van der Waals surface area contributed by atoms with Crippen molar-refractivity contribution in [1.29, 1.82) is 0 Å². The Hall–Kier alpha value is -1.70. The molecule has 0 fully saturated rings. The fourth-order valence-corrected chi connectivity index (χ4v) is 2.44. The van der Waals surface area contributed by atoms with Crippen molar-refractivity contribution in [2.24, 2.45) is 5.73 Å². The molecule has 0 saturated heterocycles. The smallest absolute Gasteiger partial charge is 0.243 e. The fourth-order valence-electron chi connectivity index (χ4n) is 1.51. The van der Waals surface area contributed by atoms with E-state index in [4.69, 9.17) is 5.73 Å². The zero-order valence-electron chi connectivity index (χ0n) is 9.63. The molecule has 18 heavy (non-hydrogen) atoms. The van der Waals surface area contributed by atoms with Gasteiger partial charge in [0.2, 0.25) is 10.0 Å². The van der Waals surface area contributed by atoms with Crippen LogP contribution in [0.15, 0.2) is 41.6 Å². The largest absolute Gasteiger partial charge is 0.326 e. The van der Waals surface area contributed by atoms with Crippen LogP contribution in [0.5, 0.6) is 0 Å². The Morgan fingerprint density at radius 1 is 1.33 bits per heavy atom. The third-order valence-electron chi connectivity index (χ3n) is 2.48. The molecular weight excluding hydrogens is 252 g/mol. The van der Waals surface area contributed by atoms with Crippen molar-refractivity contribution in [1.82, 2.24) is 14.9 Å². The number of nitrogens with two attached hydrogens (primary N) is 1. The number of rotatable bonds is 5. The molecular formula is C11H14N4O2S. The first-order chi connectivity index (χ1) is 8.62. The van der Waals surface area contributed by atoms with Gasteiger partial charge in [0.05, 0.1) is 6.20 Å². The van der Waals surface area contributed by atoms with Crippen LogP contribution in [0.3, 0.4) is 0 Å². The number of sulfonamides is 1. The van der Waals surface area contributed by atoms with Gasteiger partial charge in [0.1, 0.15) is 4.90 Å². The second-order valence-corrected chi connectivity index (χ2v) is 5.55. The van der Waals surface area contributed by atoms with Gasteiger partial charge in [0.15, 0.2) is 0 Å². The topological polar surface area (TPSA) is 101 Å². The van der Waals surface area contributed by atoms with Crippen molar-refractivity contribution < 1.29 is 8.42 Å². The molecule has 0 spiro atoms. The summed E-state index contributed by atoms with van der Waals surface area (Å²) in [5.41, 5.74) is 7.36. The van der Waals surface area contributed by atoms with E-state index in [1.807, 2.05) is 24.3 Å². The van der Waals surface area contributed by atoms with Gasteiger partial charge in [0.25, 0.3) is 0 Å². The lowest BCUT2D eigenvalue weighted by Crippen LogP contribution is -2.22. The maximum atomic E-state index is 11.8. The van der Waals surface area contributed by atoms with Crippen molar-refractivity contribution >= 4 is 10.0 Å². The van der Waals surface area contributed by atoms with Crippen LogP contribution in [-0.2, 0) is 23.1 Å². The van der Waals surface area contributed by atoms with E-state index in [2.05, 4.69) is 14.9 Å². The van der Waals surface area contributed by atoms with Gasteiger partial charge in [-0.2, -0.15) is 5.10 Å². The maximum absolute atomic E-state index is 11.8. The molecule has 7 heteroatoms. The summed E-state index contributed by atoms with van der Waals surface area (Å²) in [6.45, 7) is 0.656. The number of benzene rings is 1.